The fourth-order valence-corrected chi connectivity index (χ4v) is 3.31. The summed E-state index contributed by atoms with van der Waals surface area (Å²) in [5.41, 5.74) is 2.86. The van der Waals surface area contributed by atoms with Gasteiger partial charge in [0.15, 0.2) is 0 Å². The van der Waals surface area contributed by atoms with Crippen LogP contribution in [0.3, 0.4) is 0 Å². The summed E-state index contributed by atoms with van der Waals surface area (Å²) in [4.78, 5) is 39.1. The van der Waals surface area contributed by atoms with Crippen LogP contribution >= 0.6 is 11.6 Å². The molecule has 0 radical (unpaired) electrons. The van der Waals surface area contributed by atoms with Crippen LogP contribution in [0.15, 0.2) is 66.7 Å². The van der Waals surface area contributed by atoms with Gasteiger partial charge >= 0.3 is 0 Å². The van der Waals surface area contributed by atoms with Crippen LogP contribution in [0.4, 0.5) is 11.4 Å². The maximum atomic E-state index is 12.7. The standard InChI is InChI=1S/C22H15ClN2O3/c1-13-9-10-15(23)12-19(13)24-20(26)14-5-4-6-16(11-14)25-21(27)17-7-2-3-8-18(17)22(25)28/h2-12H,1H3,(H,24,26). The second-order valence-corrected chi connectivity index (χ2v) is 6.89. The Morgan fingerprint density at radius 2 is 1.57 bits per heavy atom. The number of carbonyl (C=O) groups is 3. The molecule has 0 unspecified atom stereocenters. The van der Waals surface area contributed by atoms with Crippen LogP contribution in [0.1, 0.15) is 36.6 Å². The van der Waals surface area contributed by atoms with Crippen LogP contribution in [-0.4, -0.2) is 17.7 Å². The Morgan fingerprint density at radius 3 is 2.25 bits per heavy atom. The predicted molar refractivity (Wildman–Crippen MR) is 108 cm³/mol. The number of benzene rings is 3. The van der Waals surface area contributed by atoms with Crippen LogP contribution in [0, 0.1) is 6.92 Å². The fraction of sp³-hybridized carbons (Fsp3) is 0.0455. The third kappa shape index (κ3) is 3.06. The van der Waals surface area contributed by atoms with E-state index in [1.165, 1.54) is 6.07 Å². The van der Waals surface area contributed by atoms with Crippen molar-refractivity contribution in [1.82, 2.24) is 0 Å². The molecule has 3 aromatic rings. The largest absolute Gasteiger partial charge is 0.322 e. The van der Waals surface area contributed by atoms with Gasteiger partial charge in [-0.25, -0.2) is 4.90 Å². The average molecular weight is 391 g/mol. The van der Waals surface area contributed by atoms with Crippen LogP contribution in [0.2, 0.25) is 5.02 Å². The smallest absolute Gasteiger partial charge is 0.266 e. The third-order valence-electron chi connectivity index (χ3n) is 4.61. The zero-order chi connectivity index (χ0) is 19.8. The summed E-state index contributed by atoms with van der Waals surface area (Å²) in [6.07, 6.45) is 0. The molecule has 3 aromatic carbocycles. The third-order valence-corrected chi connectivity index (χ3v) is 4.84. The second-order valence-electron chi connectivity index (χ2n) is 6.45. The molecule has 3 amide bonds. The maximum Gasteiger partial charge on any atom is 0.266 e. The first-order valence-electron chi connectivity index (χ1n) is 8.61. The number of aryl methyl sites for hydroxylation is 1. The number of hydrogen-bond donors (Lipinski definition) is 1. The summed E-state index contributed by atoms with van der Waals surface area (Å²) < 4.78 is 0. The van der Waals surface area contributed by atoms with E-state index in [1.807, 2.05) is 13.0 Å². The highest BCUT2D eigenvalue weighted by Crippen LogP contribution is 2.29. The normalized spacial score (nSPS) is 12.9. The van der Waals surface area contributed by atoms with Crippen LogP contribution in [0.25, 0.3) is 0 Å². The summed E-state index contributed by atoms with van der Waals surface area (Å²) in [5.74, 6) is -1.16. The molecule has 1 aliphatic rings. The molecule has 1 aliphatic heterocycles. The number of imide groups is 1. The van der Waals surface area contributed by atoms with Gasteiger partial charge in [-0.3, -0.25) is 14.4 Å². The Bertz CT molecular complexity index is 1110. The number of nitrogens with zero attached hydrogens (tertiary/aromatic N) is 1. The fourth-order valence-electron chi connectivity index (χ4n) is 3.13. The van der Waals surface area contributed by atoms with E-state index < -0.39 is 11.8 Å². The van der Waals surface area contributed by atoms with Crippen molar-refractivity contribution < 1.29 is 14.4 Å². The highest BCUT2D eigenvalue weighted by Gasteiger charge is 2.36. The van der Waals surface area contributed by atoms with E-state index in [0.29, 0.717) is 33.1 Å². The van der Waals surface area contributed by atoms with Gasteiger partial charge in [0.1, 0.15) is 0 Å². The van der Waals surface area contributed by atoms with E-state index >= 15 is 0 Å². The van der Waals surface area contributed by atoms with Crippen molar-refractivity contribution in [1.29, 1.82) is 0 Å². The number of nitrogens with one attached hydrogen (secondary N) is 1. The van der Waals surface area contributed by atoms with Gasteiger partial charge < -0.3 is 5.32 Å². The van der Waals surface area contributed by atoms with Gasteiger partial charge in [-0.15, -0.1) is 0 Å². The number of anilines is 2. The summed E-state index contributed by atoms with van der Waals surface area (Å²) in [6.45, 7) is 1.86. The Balaban J connectivity index is 1.64. The first-order chi connectivity index (χ1) is 13.5. The lowest BCUT2D eigenvalue weighted by molar-refractivity contribution is 0.0924. The zero-order valence-corrected chi connectivity index (χ0v) is 15.7. The Kier molecular flexibility index (Phi) is 4.45. The lowest BCUT2D eigenvalue weighted by Crippen LogP contribution is -2.29. The molecule has 28 heavy (non-hydrogen) atoms. The topological polar surface area (TPSA) is 66.5 Å². The summed E-state index contributed by atoms with van der Waals surface area (Å²) in [7, 11) is 0. The van der Waals surface area contributed by atoms with Crippen molar-refractivity contribution in [3.8, 4) is 0 Å². The molecular formula is C22H15ClN2O3. The van der Waals surface area contributed by atoms with E-state index in [9.17, 15) is 14.4 Å². The molecule has 138 valence electrons. The molecule has 0 fully saturated rings. The van der Waals surface area contributed by atoms with E-state index in [2.05, 4.69) is 5.32 Å². The van der Waals surface area contributed by atoms with Crippen LogP contribution in [0.5, 0.6) is 0 Å². The maximum absolute atomic E-state index is 12.7. The molecule has 5 nitrogen and oxygen atoms in total. The first kappa shape index (κ1) is 17.9. The van der Waals surface area contributed by atoms with Crippen LogP contribution in [-0.2, 0) is 0 Å². The molecule has 0 aliphatic carbocycles. The lowest BCUT2D eigenvalue weighted by atomic mass is 10.1. The molecule has 6 heteroatoms. The molecule has 0 atom stereocenters. The van der Waals surface area contributed by atoms with Gasteiger partial charge in [0.25, 0.3) is 17.7 Å². The van der Waals surface area contributed by atoms with E-state index in [4.69, 9.17) is 11.6 Å². The molecule has 0 saturated heterocycles. The minimum Gasteiger partial charge on any atom is -0.322 e. The number of carbonyl (C=O) groups excluding carboxylic acids is 3. The number of rotatable bonds is 3. The number of amides is 3. The van der Waals surface area contributed by atoms with Crippen molar-refractivity contribution in [3.63, 3.8) is 0 Å². The van der Waals surface area contributed by atoms with E-state index in [0.717, 1.165) is 10.5 Å². The Morgan fingerprint density at radius 1 is 0.893 bits per heavy atom. The molecule has 4 rings (SSSR count). The number of hydrogen-bond acceptors (Lipinski definition) is 3. The minimum absolute atomic E-state index is 0.327. The second kappa shape index (κ2) is 6.94. The van der Waals surface area contributed by atoms with Crippen molar-refractivity contribution in [2.45, 2.75) is 6.92 Å². The lowest BCUT2D eigenvalue weighted by Gasteiger charge is -2.15. The SMILES string of the molecule is Cc1ccc(Cl)cc1NC(=O)c1cccc(N2C(=O)c3ccccc3C2=O)c1. The van der Waals surface area contributed by atoms with Crippen molar-refractivity contribution >= 4 is 40.7 Å². The average Bonchev–Trinajstić information content (AvgIpc) is 2.95. The van der Waals surface area contributed by atoms with E-state index in [1.54, 1.807) is 54.6 Å². The molecule has 0 bridgehead atoms. The highest BCUT2D eigenvalue weighted by atomic mass is 35.5. The Hall–Kier alpha value is -3.44. The minimum atomic E-state index is -0.399. The van der Waals surface area contributed by atoms with Crippen molar-refractivity contribution in [2.75, 3.05) is 10.2 Å². The quantitative estimate of drug-likeness (QED) is 0.659. The van der Waals surface area contributed by atoms with Gasteiger partial charge in [0.05, 0.1) is 16.8 Å². The predicted octanol–water partition coefficient (Wildman–Crippen LogP) is 4.70. The van der Waals surface area contributed by atoms with Gasteiger partial charge in [-0.1, -0.05) is 35.9 Å². The van der Waals surface area contributed by atoms with Gasteiger partial charge in [-0.05, 0) is 55.0 Å². The van der Waals surface area contributed by atoms with Gasteiger partial charge in [-0.2, -0.15) is 0 Å². The number of halogens is 1. The van der Waals surface area contributed by atoms with Gasteiger partial charge in [0, 0.05) is 16.3 Å². The molecular weight excluding hydrogens is 376 g/mol. The molecule has 0 saturated carbocycles. The summed E-state index contributed by atoms with van der Waals surface area (Å²) in [6, 6.07) is 18.3. The Labute approximate surface area is 166 Å². The van der Waals surface area contributed by atoms with Crippen LogP contribution < -0.4 is 10.2 Å². The molecule has 1 heterocycles. The molecule has 0 aromatic heterocycles. The van der Waals surface area contributed by atoms with E-state index in [-0.39, 0.29) is 5.91 Å². The molecule has 0 spiro atoms. The van der Waals surface area contributed by atoms with Gasteiger partial charge in [0.2, 0.25) is 0 Å². The monoisotopic (exact) mass is 390 g/mol. The number of fused-ring (bicyclic) bond motifs is 1. The highest BCUT2D eigenvalue weighted by molar-refractivity contribution is 6.34. The summed E-state index contributed by atoms with van der Waals surface area (Å²) in [5, 5.41) is 3.33. The molecule has 1 N–H and O–H groups in total. The van der Waals surface area contributed by atoms with Crippen molar-refractivity contribution in [3.05, 3.63) is 94.0 Å². The van der Waals surface area contributed by atoms with Crippen molar-refractivity contribution in [2.24, 2.45) is 0 Å². The zero-order valence-electron chi connectivity index (χ0n) is 14.9. The first-order valence-corrected chi connectivity index (χ1v) is 8.99. The summed E-state index contributed by atoms with van der Waals surface area (Å²) >= 11 is 6.00.